The van der Waals surface area contributed by atoms with Crippen LogP contribution in [0, 0.1) is 0 Å². The van der Waals surface area contributed by atoms with Gasteiger partial charge in [0.2, 0.25) is 0 Å². The third-order valence-corrected chi connectivity index (χ3v) is 4.25. The summed E-state index contributed by atoms with van der Waals surface area (Å²) in [5.74, 6) is 0.519. The van der Waals surface area contributed by atoms with E-state index in [4.69, 9.17) is 4.84 Å². The van der Waals surface area contributed by atoms with E-state index in [2.05, 4.69) is 21.1 Å². The third-order valence-electron chi connectivity index (χ3n) is 3.72. The van der Waals surface area contributed by atoms with Crippen LogP contribution < -0.4 is 4.90 Å². The van der Waals surface area contributed by atoms with E-state index < -0.39 is 5.72 Å². The standard InChI is InChI=1S/C17H15BrN2O2/c1-12(21)17(2)20(15-10-8-14(18)9-11-15)16(19-22-17)13-6-4-3-5-7-13/h3-11H,1-2H3. The van der Waals surface area contributed by atoms with E-state index in [1.165, 1.54) is 6.92 Å². The molecule has 0 aromatic heterocycles. The van der Waals surface area contributed by atoms with E-state index in [0.717, 1.165) is 15.7 Å². The van der Waals surface area contributed by atoms with Crippen molar-refractivity contribution < 1.29 is 9.63 Å². The van der Waals surface area contributed by atoms with Gasteiger partial charge in [-0.3, -0.25) is 9.69 Å². The predicted octanol–water partition coefficient (Wildman–Crippen LogP) is 3.95. The van der Waals surface area contributed by atoms with Gasteiger partial charge in [-0.1, -0.05) is 51.4 Å². The maximum absolute atomic E-state index is 12.1. The average molecular weight is 359 g/mol. The van der Waals surface area contributed by atoms with E-state index >= 15 is 0 Å². The minimum Gasteiger partial charge on any atom is -0.357 e. The number of hydrogen-bond donors (Lipinski definition) is 0. The summed E-state index contributed by atoms with van der Waals surface area (Å²) in [6, 6.07) is 17.4. The zero-order chi connectivity index (χ0) is 15.7. The SMILES string of the molecule is CC(=O)C1(C)ON=C(c2ccccc2)N1c1ccc(Br)cc1. The first-order chi connectivity index (χ1) is 10.5. The van der Waals surface area contributed by atoms with Crippen LogP contribution in [0.3, 0.4) is 0 Å². The van der Waals surface area contributed by atoms with Gasteiger partial charge in [-0.05, 0) is 24.3 Å². The van der Waals surface area contributed by atoms with Gasteiger partial charge in [-0.15, -0.1) is 0 Å². The van der Waals surface area contributed by atoms with Crippen LogP contribution in [0.2, 0.25) is 0 Å². The van der Waals surface area contributed by atoms with Crippen molar-refractivity contribution in [3.63, 3.8) is 0 Å². The highest BCUT2D eigenvalue weighted by atomic mass is 79.9. The summed E-state index contributed by atoms with van der Waals surface area (Å²) in [6.07, 6.45) is 0. The van der Waals surface area contributed by atoms with E-state index in [1.54, 1.807) is 6.92 Å². The van der Waals surface area contributed by atoms with Crippen molar-refractivity contribution >= 4 is 33.2 Å². The number of amidine groups is 1. The number of halogens is 1. The topological polar surface area (TPSA) is 41.9 Å². The Morgan fingerprint density at radius 1 is 1.14 bits per heavy atom. The van der Waals surface area contributed by atoms with E-state index in [0.29, 0.717) is 5.84 Å². The fraction of sp³-hybridized carbons (Fsp3) is 0.176. The molecule has 3 rings (SSSR count). The molecular weight excluding hydrogens is 344 g/mol. The summed E-state index contributed by atoms with van der Waals surface area (Å²) in [7, 11) is 0. The maximum Gasteiger partial charge on any atom is 0.271 e. The largest absolute Gasteiger partial charge is 0.357 e. The lowest BCUT2D eigenvalue weighted by molar-refractivity contribution is -0.136. The molecule has 1 heterocycles. The zero-order valence-corrected chi connectivity index (χ0v) is 13.9. The van der Waals surface area contributed by atoms with Gasteiger partial charge in [-0.25, -0.2) is 0 Å². The zero-order valence-electron chi connectivity index (χ0n) is 12.3. The molecule has 22 heavy (non-hydrogen) atoms. The van der Waals surface area contributed by atoms with E-state index in [1.807, 2.05) is 59.5 Å². The highest BCUT2D eigenvalue weighted by Gasteiger charge is 2.47. The molecule has 1 aliphatic heterocycles. The number of ketones is 1. The van der Waals surface area contributed by atoms with Crippen LogP contribution in [-0.2, 0) is 9.63 Å². The Morgan fingerprint density at radius 2 is 1.77 bits per heavy atom. The first kappa shape index (κ1) is 14.8. The molecule has 0 radical (unpaired) electrons. The van der Waals surface area contributed by atoms with Gasteiger partial charge >= 0.3 is 0 Å². The first-order valence-corrected chi connectivity index (χ1v) is 7.70. The molecule has 0 N–H and O–H groups in total. The molecule has 1 unspecified atom stereocenters. The Morgan fingerprint density at radius 3 is 2.36 bits per heavy atom. The van der Waals surface area contributed by atoms with Crippen LogP contribution in [0.1, 0.15) is 19.4 Å². The van der Waals surface area contributed by atoms with Gasteiger partial charge in [0, 0.05) is 29.6 Å². The summed E-state index contributed by atoms with van der Waals surface area (Å²) >= 11 is 3.42. The van der Waals surface area contributed by atoms with Crippen molar-refractivity contribution in [3.8, 4) is 0 Å². The minimum atomic E-state index is -1.14. The molecule has 0 saturated heterocycles. The van der Waals surface area contributed by atoms with Crippen LogP contribution in [0.25, 0.3) is 0 Å². The number of Topliss-reactive ketones (excluding diaryl/α,β-unsaturated/α-hetero) is 1. The second-order valence-corrected chi connectivity index (χ2v) is 6.14. The molecule has 1 atom stereocenters. The van der Waals surface area contributed by atoms with Crippen LogP contribution in [0.5, 0.6) is 0 Å². The van der Waals surface area contributed by atoms with Gasteiger partial charge in [-0.2, -0.15) is 0 Å². The molecule has 5 heteroatoms. The second kappa shape index (κ2) is 5.57. The number of benzene rings is 2. The summed E-state index contributed by atoms with van der Waals surface area (Å²) in [6.45, 7) is 3.24. The second-order valence-electron chi connectivity index (χ2n) is 5.22. The predicted molar refractivity (Wildman–Crippen MR) is 89.8 cm³/mol. The molecule has 1 aliphatic rings. The van der Waals surface area contributed by atoms with Crippen LogP contribution in [0.15, 0.2) is 64.2 Å². The Bertz CT molecular complexity index is 728. The number of anilines is 1. The van der Waals surface area contributed by atoms with Crippen molar-refractivity contribution in [1.82, 2.24) is 0 Å². The number of carbonyl (C=O) groups is 1. The Balaban J connectivity index is 2.11. The van der Waals surface area contributed by atoms with Crippen molar-refractivity contribution in [2.75, 3.05) is 4.90 Å². The Kier molecular flexibility index (Phi) is 3.74. The fourth-order valence-corrected chi connectivity index (χ4v) is 2.63. The number of hydrogen-bond acceptors (Lipinski definition) is 4. The van der Waals surface area contributed by atoms with Gasteiger partial charge < -0.3 is 4.84 Å². The lowest BCUT2D eigenvalue weighted by atomic mass is 10.1. The molecule has 4 nitrogen and oxygen atoms in total. The molecule has 2 aromatic carbocycles. The molecule has 0 saturated carbocycles. The molecule has 112 valence electrons. The lowest BCUT2D eigenvalue weighted by Crippen LogP contribution is -2.51. The van der Waals surface area contributed by atoms with Gasteiger partial charge in [0.15, 0.2) is 11.6 Å². The molecule has 2 aromatic rings. The van der Waals surface area contributed by atoms with Crippen molar-refractivity contribution in [1.29, 1.82) is 0 Å². The number of oxime groups is 1. The number of nitrogens with zero attached hydrogens (tertiary/aromatic N) is 2. The van der Waals surface area contributed by atoms with Gasteiger partial charge in [0.25, 0.3) is 5.72 Å². The van der Waals surface area contributed by atoms with Crippen molar-refractivity contribution in [2.45, 2.75) is 19.6 Å². The summed E-state index contributed by atoms with van der Waals surface area (Å²) in [4.78, 5) is 19.5. The summed E-state index contributed by atoms with van der Waals surface area (Å²) in [5, 5.41) is 4.17. The van der Waals surface area contributed by atoms with Crippen LogP contribution in [0.4, 0.5) is 5.69 Å². The smallest absolute Gasteiger partial charge is 0.271 e. The molecule has 0 aliphatic carbocycles. The van der Waals surface area contributed by atoms with Crippen molar-refractivity contribution in [3.05, 3.63) is 64.6 Å². The number of rotatable bonds is 3. The monoisotopic (exact) mass is 358 g/mol. The maximum atomic E-state index is 12.1. The molecule has 0 spiro atoms. The molecule has 0 amide bonds. The summed E-state index contributed by atoms with van der Waals surface area (Å²) < 4.78 is 0.971. The highest BCUT2D eigenvalue weighted by Crippen LogP contribution is 2.34. The molecule has 0 fully saturated rings. The van der Waals surface area contributed by atoms with Crippen LogP contribution >= 0.6 is 15.9 Å². The van der Waals surface area contributed by atoms with Crippen LogP contribution in [-0.4, -0.2) is 17.3 Å². The minimum absolute atomic E-state index is 0.106. The van der Waals surface area contributed by atoms with Gasteiger partial charge in [0.1, 0.15) is 0 Å². The van der Waals surface area contributed by atoms with E-state index in [9.17, 15) is 4.79 Å². The number of carbonyl (C=O) groups excluding carboxylic acids is 1. The summed E-state index contributed by atoms with van der Waals surface area (Å²) in [5.41, 5.74) is 0.607. The Labute approximate surface area is 137 Å². The lowest BCUT2D eigenvalue weighted by Gasteiger charge is -2.32. The molecule has 0 bridgehead atoms. The normalized spacial score (nSPS) is 20.5. The first-order valence-electron chi connectivity index (χ1n) is 6.91. The molecular formula is C17H15BrN2O2. The van der Waals surface area contributed by atoms with Crippen molar-refractivity contribution in [2.24, 2.45) is 5.16 Å². The average Bonchev–Trinajstić information content (AvgIpc) is 2.88. The fourth-order valence-electron chi connectivity index (χ4n) is 2.37. The quantitative estimate of drug-likeness (QED) is 0.833. The van der Waals surface area contributed by atoms with Gasteiger partial charge in [0.05, 0.1) is 0 Å². The Hall–Kier alpha value is -2.14. The van der Waals surface area contributed by atoms with E-state index in [-0.39, 0.29) is 5.78 Å². The third kappa shape index (κ3) is 2.41. The highest BCUT2D eigenvalue weighted by molar-refractivity contribution is 9.10.